The van der Waals surface area contributed by atoms with Gasteiger partial charge < -0.3 is 0 Å². The van der Waals surface area contributed by atoms with Crippen molar-refractivity contribution in [2.24, 2.45) is 5.84 Å². The molecule has 0 spiro atoms. The molecule has 4 nitrogen and oxygen atoms in total. The molecule has 0 radical (unpaired) electrons. The molecular weight excluding hydrogens is 431 g/mol. The first-order valence-corrected chi connectivity index (χ1v) is 9.47. The van der Waals surface area contributed by atoms with E-state index in [-0.39, 0.29) is 36.3 Å². The summed E-state index contributed by atoms with van der Waals surface area (Å²) in [5.41, 5.74) is 2.09. The van der Waals surface area contributed by atoms with Gasteiger partial charge in [0, 0.05) is 11.1 Å². The van der Waals surface area contributed by atoms with Gasteiger partial charge in [0.15, 0.2) is 0 Å². The van der Waals surface area contributed by atoms with Crippen LogP contribution in [0.4, 0.5) is 0 Å². The summed E-state index contributed by atoms with van der Waals surface area (Å²) in [5.74, 6) is 5.69. The molecule has 162 valence electrons. The number of carbonyl (C=O) groups is 2. The zero-order valence-electron chi connectivity index (χ0n) is 17.4. The van der Waals surface area contributed by atoms with Crippen LogP contribution in [0.25, 0.3) is 0 Å². The molecule has 0 aromatic heterocycles. The molecule has 2 aromatic rings. The van der Waals surface area contributed by atoms with Crippen LogP contribution in [0, 0.1) is 0 Å². The van der Waals surface area contributed by atoms with E-state index in [1.165, 1.54) is 23.4 Å². The third-order valence-corrected chi connectivity index (χ3v) is 4.18. The zero-order valence-corrected chi connectivity index (χ0v) is 19.7. The van der Waals surface area contributed by atoms with Crippen molar-refractivity contribution in [2.75, 3.05) is 0 Å². The average Bonchev–Trinajstić information content (AvgIpc) is 2.66. The highest BCUT2D eigenvalue weighted by Crippen LogP contribution is 2.14. The van der Waals surface area contributed by atoms with Gasteiger partial charge in [-0.15, -0.1) is 24.8 Å². The highest BCUT2D eigenvalue weighted by Gasteiger charge is 2.24. The Morgan fingerprint density at radius 3 is 1.83 bits per heavy atom. The largest absolute Gasteiger partial charge is 0.276 e. The Morgan fingerprint density at radius 1 is 0.931 bits per heavy atom. The van der Waals surface area contributed by atoms with Crippen molar-refractivity contribution in [3.8, 4) is 0 Å². The number of carbonyl (C=O) groups excluding carboxylic acids is 2. The summed E-state index contributed by atoms with van der Waals surface area (Å²) in [6, 6.07) is 16.5. The Kier molecular flexibility index (Phi) is 14.7. The summed E-state index contributed by atoms with van der Waals surface area (Å²) >= 11 is 5.16. The Morgan fingerprint density at radius 2 is 1.45 bits per heavy atom. The number of hydrazine groups is 1. The lowest BCUT2D eigenvalue weighted by Crippen LogP contribution is -2.50. The van der Waals surface area contributed by atoms with Crippen LogP contribution in [0.1, 0.15) is 66.8 Å². The topological polar surface area (TPSA) is 63.4 Å². The van der Waals surface area contributed by atoms with Gasteiger partial charge in [-0.25, -0.2) is 5.84 Å². The van der Waals surface area contributed by atoms with E-state index in [9.17, 15) is 9.59 Å². The highest BCUT2D eigenvalue weighted by molar-refractivity contribution is 6.67. The molecule has 0 saturated carbocycles. The predicted molar refractivity (Wildman–Crippen MR) is 126 cm³/mol. The normalized spacial score (nSPS) is 9.86. The fraction of sp³-hybridized carbons (Fsp3) is 0.364. The molecule has 0 bridgehead atoms. The minimum absolute atomic E-state index is 0. The van der Waals surface area contributed by atoms with Gasteiger partial charge in [-0.3, -0.25) is 14.6 Å². The third-order valence-electron chi connectivity index (χ3n) is 3.96. The van der Waals surface area contributed by atoms with Gasteiger partial charge in [0.05, 0.1) is 5.54 Å². The predicted octanol–water partition coefficient (Wildman–Crippen LogP) is 6.05. The average molecular weight is 462 g/mol. The lowest BCUT2D eigenvalue weighted by molar-refractivity contribution is 0.0581. The van der Waals surface area contributed by atoms with Crippen LogP contribution in [0.5, 0.6) is 0 Å². The van der Waals surface area contributed by atoms with E-state index < -0.39 is 5.24 Å². The highest BCUT2D eigenvalue weighted by atomic mass is 35.5. The van der Waals surface area contributed by atoms with Crippen LogP contribution >= 0.6 is 36.4 Å². The number of halogens is 3. The number of aryl methyl sites for hydroxylation is 1. The number of rotatable bonds is 5. The first kappa shape index (κ1) is 29.6. The minimum Gasteiger partial charge on any atom is -0.276 e. The van der Waals surface area contributed by atoms with Crippen LogP contribution in [0.2, 0.25) is 0 Å². The summed E-state index contributed by atoms with van der Waals surface area (Å²) in [6.45, 7) is 7.93. The van der Waals surface area contributed by atoms with Gasteiger partial charge >= 0.3 is 0 Å². The summed E-state index contributed by atoms with van der Waals surface area (Å²) in [4.78, 5) is 22.5. The van der Waals surface area contributed by atoms with E-state index in [4.69, 9.17) is 17.4 Å². The van der Waals surface area contributed by atoms with Crippen LogP contribution in [0.3, 0.4) is 0 Å². The molecule has 2 N–H and O–H groups in total. The van der Waals surface area contributed by atoms with Gasteiger partial charge in [0.2, 0.25) is 0 Å². The van der Waals surface area contributed by atoms with E-state index in [0.717, 1.165) is 6.42 Å². The molecule has 1 amide bonds. The molecule has 0 saturated heterocycles. The Labute approximate surface area is 191 Å². The second-order valence-electron chi connectivity index (χ2n) is 7.29. The van der Waals surface area contributed by atoms with E-state index in [2.05, 4.69) is 6.92 Å². The zero-order chi connectivity index (χ0) is 20.4. The van der Waals surface area contributed by atoms with Crippen LogP contribution in [0.15, 0.2) is 54.6 Å². The van der Waals surface area contributed by atoms with Crippen LogP contribution in [-0.4, -0.2) is 21.7 Å². The first-order valence-electron chi connectivity index (χ1n) is 9.10. The molecule has 0 fully saturated rings. The van der Waals surface area contributed by atoms with Crippen molar-refractivity contribution >= 4 is 47.6 Å². The molecule has 0 unspecified atom stereocenters. The van der Waals surface area contributed by atoms with E-state index in [1.54, 1.807) is 24.3 Å². The molecule has 0 aliphatic rings. The molecule has 0 aliphatic heterocycles. The molecule has 0 atom stereocenters. The Balaban J connectivity index is 0. The van der Waals surface area contributed by atoms with Crippen molar-refractivity contribution in [1.29, 1.82) is 0 Å². The van der Waals surface area contributed by atoms with Crippen molar-refractivity contribution in [1.82, 2.24) is 5.01 Å². The van der Waals surface area contributed by atoms with Gasteiger partial charge in [0.1, 0.15) is 0 Å². The number of unbranched alkanes of at least 4 members (excludes halogenated alkanes) is 1. The molecule has 0 heterocycles. The van der Waals surface area contributed by atoms with Crippen molar-refractivity contribution < 1.29 is 9.59 Å². The first-order chi connectivity index (χ1) is 12.7. The summed E-state index contributed by atoms with van der Waals surface area (Å²) in [5, 5.41) is 0.879. The fourth-order valence-corrected chi connectivity index (χ4v) is 2.33. The fourth-order valence-electron chi connectivity index (χ4n) is 2.21. The standard InChI is InChI=1S/C15H24N2O.C7H5ClO.2ClH/c1-5-6-7-12-8-10-13(11-9-12)14(18)17(16)15(2,3)4;8-7(9)6-4-2-1-3-5-6;;/h8-11H,5-7,16H2,1-4H3;1-5H;2*1H. The summed E-state index contributed by atoms with van der Waals surface area (Å²) < 4.78 is 0. The van der Waals surface area contributed by atoms with Gasteiger partial charge in [0.25, 0.3) is 11.1 Å². The number of nitrogens with zero attached hydrogens (tertiary/aromatic N) is 1. The minimum atomic E-state index is -0.407. The molecule has 2 aromatic carbocycles. The van der Waals surface area contributed by atoms with E-state index in [1.807, 2.05) is 51.1 Å². The lowest BCUT2D eigenvalue weighted by Gasteiger charge is -2.31. The van der Waals surface area contributed by atoms with Gasteiger partial charge in [-0.05, 0) is 62.9 Å². The molecule has 0 aliphatic carbocycles. The summed E-state index contributed by atoms with van der Waals surface area (Å²) in [6.07, 6.45) is 3.43. The van der Waals surface area contributed by atoms with E-state index in [0.29, 0.717) is 11.1 Å². The maximum Gasteiger partial charge on any atom is 0.268 e. The monoisotopic (exact) mass is 460 g/mol. The maximum atomic E-state index is 12.1. The van der Waals surface area contributed by atoms with Gasteiger partial charge in [-0.1, -0.05) is 55.8 Å². The van der Waals surface area contributed by atoms with Crippen molar-refractivity contribution in [2.45, 2.75) is 52.5 Å². The summed E-state index contributed by atoms with van der Waals surface area (Å²) in [7, 11) is 0. The van der Waals surface area contributed by atoms with E-state index >= 15 is 0 Å². The molecule has 7 heteroatoms. The number of nitrogens with two attached hydrogens (primary N) is 1. The van der Waals surface area contributed by atoms with Crippen molar-refractivity contribution in [3.63, 3.8) is 0 Å². The second kappa shape index (κ2) is 14.4. The second-order valence-corrected chi connectivity index (χ2v) is 7.63. The molecule has 2 rings (SSSR count). The van der Waals surface area contributed by atoms with Crippen LogP contribution in [-0.2, 0) is 6.42 Å². The third kappa shape index (κ3) is 10.7. The number of amides is 1. The Hall–Kier alpha value is -1.59. The lowest BCUT2D eigenvalue weighted by atomic mass is 10.0. The number of hydrogen-bond acceptors (Lipinski definition) is 3. The number of benzene rings is 2. The van der Waals surface area contributed by atoms with Crippen molar-refractivity contribution in [3.05, 3.63) is 71.3 Å². The molecule has 29 heavy (non-hydrogen) atoms. The van der Waals surface area contributed by atoms with Crippen LogP contribution < -0.4 is 5.84 Å². The Bertz CT molecular complexity index is 730. The smallest absolute Gasteiger partial charge is 0.268 e. The number of hydrogen-bond donors (Lipinski definition) is 1. The maximum absolute atomic E-state index is 12.1. The van der Waals surface area contributed by atoms with Gasteiger partial charge in [-0.2, -0.15) is 0 Å². The quantitative estimate of drug-likeness (QED) is 0.255. The molecular formula is C22H31Cl3N2O2. The SMILES string of the molecule is CCCCc1ccc(C(=O)N(N)C(C)(C)C)cc1.Cl.Cl.O=C(Cl)c1ccccc1.